The fraction of sp³-hybridized carbons (Fsp3) is 0.318. The zero-order valence-electron chi connectivity index (χ0n) is 15.0. The Labute approximate surface area is 149 Å². The Kier molecular flexibility index (Phi) is 4.41. The van der Waals surface area contributed by atoms with Gasteiger partial charge in [-0.05, 0) is 24.1 Å². The quantitative estimate of drug-likeness (QED) is 0.717. The van der Waals surface area contributed by atoms with Crippen LogP contribution in [0.1, 0.15) is 34.4 Å². The number of nitrogens with zero attached hydrogens (tertiary/aromatic N) is 3. The second-order valence-corrected chi connectivity index (χ2v) is 7.14. The van der Waals surface area contributed by atoms with E-state index in [0.29, 0.717) is 11.8 Å². The first-order chi connectivity index (χ1) is 12.2. The molecule has 0 spiro atoms. The number of rotatable bonds is 4. The highest BCUT2D eigenvalue weighted by Crippen LogP contribution is 2.40. The molecule has 0 bridgehead atoms. The molecule has 1 aliphatic heterocycles. The Balaban J connectivity index is 1.63. The topological polar surface area (TPSA) is 21.1 Å². The van der Waals surface area contributed by atoms with Crippen LogP contribution in [-0.2, 0) is 13.6 Å². The average molecular weight is 331 g/mol. The molecular formula is C22H25N3. The first-order valence-electron chi connectivity index (χ1n) is 9.02. The first-order valence-corrected chi connectivity index (χ1v) is 9.02. The fourth-order valence-corrected chi connectivity index (χ4v) is 4.17. The van der Waals surface area contributed by atoms with Crippen molar-refractivity contribution in [2.75, 3.05) is 13.1 Å². The van der Waals surface area contributed by atoms with Crippen molar-refractivity contribution >= 4 is 0 Å². The van der Waals surface area contributed by atoms with Gasteiger partial charge in [-0.15, -0.1) is 0 Å². The summed E-state index contributed by atoms with van der Waals surface area (Å²) in [5.74, 6) is 0.997. The lowest BCUT2D eigenvalue weighted by Crippen LogP contribution is -2.20. The zero-order valence-corrected chi connectivity index (χ0v) is 15.0. The van der Waals surface area contributed by atoms with Crippen LogP contribution in [0, 0.1) is 6.92 Å². The van der Waals surface area contributed by atoms with Gasteiger partial charge in [0, 0.05) is 44.2 Å². The molecule has 2 heterocycles. The van der Waals surface area contributed by atoms with Crippen molar-refractivity contribution in [2.45, 2.75) is 25.3 Å². The average Bonchev–Trinajstić information content (AvgIpc) is 3.19. The summed E-state index contributed by atoms with van der Waals surface area (Å²) < 4.78 is 2.07. The summed E-state index contributed by atoms with van der Waals surface area (Å²) in [5.41, 5.74) is 5.27. The lowest BCUT2D eigenvalue weighted by molar-refractivity contribution is 0.323. The van der Waals surface area contributed by atoms with Crippen LogP contribution in [-0.4, -0.2) is 27.8 Å². The molecule has 2 aromatic carbocycles. The standard InChI is InChI=1S/C22H25N3/c1-17-13-22(24(2)23-17)21-16-25(14-18-9-5-3-6-10-18)15-20(21)19-11-7-4-8-12-19/h3-13,20-21H,14-16H2,1-2H3. The highest BCUT2D eigenvalue weighted by molar-refractivity contribution is 5.29. The highest BCUT2D eigenvalue weighted by Gasteiger charge is 2.36. The van der Waals surface area contributed by atoms with E-state index in [9.17, 15) is 0 Å². The van der Waals surface area contributed by atoms with Crippen LogP contribution in [0.5, 0.6) is 0 Å². The molecule has 3 nitrogen and oxygen atoms in total. The van der Waals surface area contributed by atoms with Gasteiger partial charge in [0.1, 0.15) is 0 Å². The number of aromatic nitrogens is 2. The smallest absolute Gasteiger partial charge is 0.0596 e. The molecule has 0 amide bonds. The van der Waals surface area contributed by atoms with Crippen LogP contribution in [0.25, 0.3) is 0 Å². The molecule has 3 heteroatoms. The summed E-state index contributed by atoms with van der Waals surface area (Å²) in [6.07, 6.45) is 0. The van der Waals surface area contributed by atoms with Gasteiger partial charge in [-0.2, -0.15) is 5.10 Å². The summed E-state index contributed by atoms with van der Waals surface area (Å²) in [5, 5.41) is 4.59. The normalized spacial score (nSPS) is 20.9. The van der Waals surface area contributed by atoms with Gasteiger partial charge in [0.2, 0.25) is 0 Å². The molecule has 4 rings (SSSR count). The molecule has 0 N–H and O–H groups in total. The predicted molar refractivity (Wildman–Crippen MR) is 102 cm³/mol. The molecule has 0 radical (unpaired) electrons. The van der Waals surface area contributed by atoms with Gasteiger partial charge in [-0.1, -0.05) is 60.7 Å². The Hall–Kier alpha value is -2.39. The van der Waals surface area contributed by atoms with Crippen molar-refractivity contribution in [1.29, 1.82) is 0 Å². The minimum absolute atomic E-state index is 0.484. The Morgan fingerprint density at radius 3 is 2.20 bits per heavy atom. The molecule has 128 valence electrons. The van der Waals surface area contributed by atoms with E-state index >= 15 is 0 Å². The van der Waals surface area contributed by atoms with Crippen LogP contribution in [0.3, 0.4) is 0 Å². The van der Waals surface area contributed by atoms with Gasteiger partial charge in [-0.3, -0.25) is 9.58 Å². The molecule has 0 aliphatic carbocycles. The van der Waals surface area contributed by atoms with E-state index in [4.69, 9.17) is 0 Å². The van der Waals surface area contributed by atoms with Crippen LogP contribution in [0.2, 0.25) is 0 Å². The van der Waals surface area contributed by atoms with Gasteiger partial charge in [-0.25, -0.2) is 0 Å². The number of hydrogen-bond donors (Lipinski definition) is 0. The van der Waals surface area contributed by atoms with Crippen LogP contribution < -0.4 is 0 Å². The van der Waals surface area contributed by atoms with Crippen molar-refractivity contribution in [3.63, 3.8) is 0 Å². The fourth-order valence-electron chi connectivity index (χ4n) is 4.17. The maximum absolute atomic E-state index is 4.59. The molecular weight excluding hydrogens is 306 g/mol. The second-order valence-electron chi connectivity index (χ2n) is 7.14. The highest BCUT2D eigenvalue weighted by atomic mass is 15.3. The van der Waals surface area contributed by atoms with Crippen molar-refractivity contribution in [3.8, 4) is 0 Å². The second kappa shape index (κ2) is 6.85. The predicted octanol–water partition coefficient (Wildman–Crippen LogP) is 4.11. The summed E-state index contributed by atoms with van der Waals surface area (Å²) in [6, 6.07) is 24.0. The van der Waals surface area contributed by atoms with Gasteiger partial charge in [0.25, 0.3) is 0 Å². The van der Waals surface area contributed by atoms with Crippen molar-refractivity contribution in [1.82, 2.24) is 14.7 Å². The van der Waals surface area contributed by atoms with Crippen molar-refractivity contribution < 1.29 is 0 Å². The van der Waals surface area contributed by atoms with Gasteiger partial charge < -0.3 is 0 Å². The Morgan fingerprint density at radius 1 is 0.920 bits per heavy atom. The molecule has 2 atom stereocenters. The Morgan fingerprint density at radius 2 is 1.56 bits per heavy atom. The maximum Gasteiger partial charge on any atom is 0.0596 e. The maximum atomic E-state index is 4.59. The Bertz CT molecular complexity index is 823. The van der Waals surface area contributed by atoms with Crippen LogP contribution in [0.15, 0.2) is 66.7 Å². The lowest BCUT2D eigenvalue weighted by atomic mass is 9.86. The molecule has 1 saturated heterocycles. The molecule has 1 aromatic heterocycles. The third-order valence-corrected chi connectivity index (χ3v) is 5.29. The molecule has 1 fully saturated rings. The molecule has 0 saturated carbocycles. The summed E-state index contributed by atoms with van der Waals surface area (Å²) >= 11 is 0. The molecule has 2 unspecified atom stereocenters. The number of hydrogen-bond acceptors (Lipinski definition) is 2. The van der Waals surface area contributed by atoms with Gasteiger partial charge in [0.05, 0.1) is 5.69 Å². The monoisotopic (exact) mass is 331 g/mol. The number of likely N-dealkylation sites (tertiary alicyclic amines) is 1. The third kappa shape index (κ3) is 3.38. The van der Waals surface area contributed by atoms with Crippen molar-refractivity contribution in [2.24, 2.45) is 7.05 Å². The van der Waals surface area contributed by atoms with E-state index in [1.165, 1.54) is 16.8 Å². The van der Waals surface area contributed by atoms with E-state index in [0.717, 1.165) is 25.3 Å². The summed E-state index contributed by atoms with van der Waals surface area (Å²) in [7, 11) is 2.07. The SMILES string of the molecule is Cc1cc(C2CN(Cc3ccccc3)CC2c2ccccc2)n(C)n1. The van der Waals surface area contributed by atoms with E-state index in [1.807, 2.05) is 0 Å². The lowest BCUT2D eigenvalue weighted by Gasteiger charge is -2.19. The number of benzene rings is 2. The van der Waals surface area contributed by atoms with Gasteiger partial charge in [0.15, 0.2) is 0 Å². The van der Waals surface area contributed by atoms with E-state index < -0.39 is 0 Å². The zero-order chi connectivity index (χ0) is 17.2. The molecule has 3 aromatic rings. The number of aryl methyl sites for hydroxylation is 2. The van der Waals surface area contributed by atoms with E-state index in [-0.39, 0.29) is 0 Å². The molecule has 25 heavy (non-hydrogen) atoms. The summed E-state index contributed by atoms with van der Waals surface area (Å²) in [4.78, 5) is 2.58. The minimum atomic E-state index is 0.484. The minimum Gasteiger partial charge on any atom is -0.298 e. The summed E-state index contributed by atoms with van der Waals surface area (Å²) in [6.45, 7) is 5.26. The first kappa shape index (κ1) is 16.1. The third-order valence-electron chi connectivity index (χ3n) is 5.29. The van der Waals surface area contributed by atoms with Crippen LogP contribution in [0.4, 0.5) is 0 Å². The van der Waals surface area contributed by atoms with E-state index in [2.05, 4.69) is 95.4 Å². The van der Waals surface area contributed by atoms with Gasteiger partial charge >= 0.3 is 0 Å². The van der Waals surface area contributed by atoms with Crippen molar-refractivity contribution in [3.05, 3.63) is 89.2 Å². The van der Waals surface area contributed by atoms with Crippen LogP contribution >= 0.6 is 0 Å². The molecule has 1 aliphatic rings. The largest absolute Gasteiger partial charge is 0.298 e. The van der Waals surface area contributed by atoms with E-state index in [1.54, 1.807) is 0 Å².